The van der Waals surface area contributed by atoms with Crippen molar-refractivity contribution >= 4 is 44.6 Å². The maximum atomic E-state index is 6.14. The lowest BCUT2D eigenvalue weighted by atomic mass is 9.94. The van der Waals surface area contributed by atoms with Crippen LogP contribution in [0.2, 0.25) is 4.34 Å². The van der Waals surface area contributed by atoms with E-state index < -0.39 is 0 Å². The molecule has 2 aromatic heterocycles. The minimum Gasteiger partial charge on any atom is -0.377 e. The van der Waals surface area contributed by atoms with Crippen molar-refractivity contribution in [3.63, 3.8) is 0 Å². The van der Waals surface area contributed by atoms with Gasteiger partial charge in [0.05, 0.1) is 21.8 Å². The molecule has 0 spiro atoms. The highest BCUT2D eigenvalue weighted by molar-refractivity contribution is 9.10. The van der Waals surface area contributed by atoms with E-state index in [-0.39, 0.29) is 0 Å². The number of aromatic nitrogens is 1. The first-order chi connectivity index (χ1) is 9.13. The van der Waals surface area contributed by atoms with E-state index in [1.54, 1.807) is 11.3 Å². The zero-order valence-corrected chi connectivity index (χ0v) is 13.7. The molecule has 1 aliphatic carbocycles. The molecule has 19 heavy (non-hydrogen) atoms. The average molecular weight is 358 g/mol. The largest absolute Gasteiger partial charge is 0.377 e. The Balaban J connectivity index is 1.88. The maximum Gasteiger partial charge on any atom is 0.106 e. The summed E-state index contributed by atoms with van der Waals surface area (Å²) in [7, 11) is 0. The van der Waals surface area contributed by atoms with Gasteiger partial charge >= 0.3 is 0 Å². The first kappa shape index (κ1) is 13.4. The molecule has 2 aromatic rings. The lowest BCUT2D eigenvalue weighted by molar-refractivity contribution is 0.608. The molecular formula is C14H14BrClN2S. The molecule has 3 rings (SSSR count). The number of hydrogen-bond donors (Lipinski definition) is 1. The Morgan fingerprint density at radius 1 is 1.47 bits per heavy atom. The van der Waals surface area contributed by atoms with Crippen LogP contribution in [0.3, 0.4) is 0 Å². The van der Waals surface area contributed by atoms with Crippen LogP contribution in [0.15, 0.2) is 22.8 Å². The smallest absolute Gasteiger partial charge is 0.106 e. The number of aryl methyl sites for hydroxylation is 2. The number of fused-ring (bicyclic) bond motifs is 1. The molecule has 0 aromatic carbocycles. The Morgan fingerprint density at radius 2 is 2.32 bits per heavy atom. The molecule has 0 saturated carbocycles. The minimum atomic E-state index is 0.356. The molecule has 0 fully saturated rings. The molecule has 1 aliphatic rings. The summed E-state index contributed by atoms with van der Waals surface area (Å²) in [5, 5.41) is 3.61. The van der Waals surface area contributed by atoms with Gasteiger partial charge in [0.25, 0.3) is 0 Å². The van der Waals surface area contributed by atoms with Crippen LogP contribution in [0.25, 0.3) is 0 Å². The van der Waals surface area contributed by atoms with E-state index >= 15 is 0 Å². The molecule has 1 unspecified atom stereocenters. The highest BCUT2D eigenvalue weighted by Crippen LogP contribution is 2.39. The number of nitrogens with zero attached hydrogens (tertiary/aromatic N) is 1. The van der Waals surface area contributed by atoms with Gasteiger partial charge in [0.2, 0.25) is 0 Å². The first-order valence-corrected chi connectivity index (χ1v) is 8.30. The van der Waals surface area contributed by atoms with Gasteiger partial charge in [0, 0.05) is 4.88 Å². The third-order valence-electron chi connectivity index (χ3n) is 3.47. The summed E-state index contributed by atoms with van der Waals surface area (Å²) in [4.78, 5) is 5.86. The quantitative estimate of drug-likeness (QED) is 0.732. The Morgan fingerprint density at radius 3 is 3.11 bits per heavy atom. The lowest BCUT2D eigenvalue weighted by Crippen LogP contribution is -2.16. The highest BCUT2D eigenvalue weighted by Gasteiger charge is 2.23. The summed E-state index contributed by atoms with van der Waals surface area (Å²) in [5.41, 5.74) is 3.48. The molecule has 0 saturated heterocycles. The van der Waals surface area contributed by atoms with Gasteiger partial charge in [-0.05, 0) is 65.9 Å². The number of rotatable bonds is 2. The minimum absolute atomic E-state index is 0.356. The van der Waals surface area contributed by atoms with Crippen molar-refractivity contribution in [2.75, 3.05) is 5.32 Å². The molecule has 2 nitrogen and oxygen atoms in total. The van der Waals surface area contributed by atoms with Crippen LogP contribution in [0, 0.1) is 6.92 Å². The van der Waals surface area contributed by atoms with Crippen LogP contribution >= 0.6 is 38.9 Å². The average Bonchev–Trinajstić information content (AvgIpc) is 2.74. The monoisotopic (exact) mass is 356 g/mol. The van der Waals surface area contributed by atoms with Gasteiger partial charge in [0.15, 0.2) is 0 Å². The predicted octanol–water partition coefficient (Wildman–Crippen LogP) is 5.36. The molecule has 0 bridgehead atoms. The third kappa shape index (κ3) is 2.81. The SMILES string of the molecule is Cc1nc(Br)ccc1NC1CCCc2sc(Cl)cc21. The highest BCUT2D eigenvalue weighted by atomic mass is 79.9. The van der Waals surface area contributed by atoms with Crippen molar-refractivity contribution in [2.24, 2.45) is 0 Å². The molecule has 100 valence electrons. The zero-order chi connectivity index (χ0) is 13.4. The van der Waals surface area contributed by atoms with Gasteiger partial charge in [-0.15, -0.1) is 11.3 Å². The van der Waals surface area contributed by atoms with Crippen LogP contribution < -0.4 is 5.32 Å². The van der Waals surface area contributed by atoms with Crippen LogP contribution in [0.4, 0.5) is 5.69 Å². The molecule has 2 heterocycles. The van der Waals surface area contributed by atoms with Gasteiger partial charge in [-0.25, -0.2) is 4.98 Å². The second-order valence-corrected chi connectivity index (χ2v) is 7.37. The number of halogens is 2. The summed E-state index contributed by atoms with van der Waals surface area (Å²) in [6.07, 6.45) is 3.52. The van der Waals surface area contributed by atoms with Crippen molar-refractivity contribution in [1.29, 1.82) is 0 Å². The standard InChI is InChI=1S/C14H14BrClN2S/c1-8-10(5-6-13(15)17-8)18-11-3-2-4-12-9(11)7-14(16)19-12/h5-7,11,18H,2-4H2,1H3. The maximum absolute atomic E-state index is 6.14. The van der Waals surface area contributed by atoms with E-state index in [0.29, 0.717) is 6.04 Å². The lowest BCUT2D eigenvalue weighted by Gasteiger charge is -2.25. The summed E-state index contributed by atoms with van der Waals surface area (Å²) in [6.45, 7) is 2.03. The molecule has 1 N–H and O–H groups in total. The summed E-state index contributed by atoms with van der Waals surface area (Å²) < 4.78 is 1.77. The summed E-state index contributed by atoms with van der Waals surface area (Å²) in [5.74, 6) is 0. The zero-order valence-electron chi connectivity index (χ0n) is 10.5. The molecule has 5 heteroatoms. The Kier molecular flexibility index (Phi) is 3.83. The van der Waals surface area contributed by atoms with E-state index in [1.165, 1.54) is 16.9 Å². The fourth-order valence-electron chi connectivity index (χ4n) is 2.54. The van der Waals surface area contributed by atoms with Gasteiger partial charge in [-0.2, -0.15) is 0 Å². The number of hydrogen-bond acceptors (Lipinski definition) is 3. The van der Waals surface area contributed by atoms with E-state index in [4.69, 9.17) is 11.6 Å². The number of thiophene rings is 1. The van der Waals surface area contributed by atoms with E-state index in [9.17, 15) is 0 Å². The number of anilines is 1. The topological polar surface area (TPSA) is 24.9 Å². The second kappa shape index (κ2) is 5.43. The normalized spacial score (nSPS) is 18.2. The first-order valence-electron chi connectivity index (χ1n) is 6.31. The van der Waals surface area contributed by atoms with Crippen LogP contribution in [0.1, 0.15) is 35.0 Å². The van der Waals surface area contributed by atoms with Gasteiger partial charge < -0.3 is 5.32 Å². The predicted molar refractivity (Wildman–Crippen MR) is 85.3 cm³/mol. The van der Waals surface area contributed by atoms with Crippen molar-refractivity contribution in [3.8, 4) is 0 Å². The Hall–Kier alpha value is -0.580. The molecule has 0 amide bonds. The third-order valence-corrected chi connectivity index (χ3v) is 5.25. The van der Waals surface area contributed by atoms with Gasteiger partial charge in [-0.1, -0.05) is 11.6 Å². The van der Waals surface area contributed by atoms with Crippen LogP contribution in [-0.4, -0.2) is 4.98 Å². The van der Waals surface area contributed by atoms with E-state index in [1.807, 2.05) is 13.0 Å². The number of nitrogens with one attached hydrogen (secondary N) is 1. The number of pyridine rings is 1. The van der Waals surface area contributed by atoms with Crippen molar-refractivity contribution < 1.29 is 0 Å². The van der Waals surface area contributed by atoms with E-state index in [0.717, 1.165) is 33.2 Å². The second-order valence-electron chi connectivity index (χ2n) is 4.79. The van der Waals surface area contributed by atoms with Gasteiger partial charge in [-0.3, -0.25) is 0 Å². The van der Waals surface area contributed by atoms with Crippen LogP contribution in [-0.2, 0) is 6.42 Å². The molecule has 0 aliphatic heterocycles. The fraction of sp³-hybridized carbons (Fsp3) is 0.357. The molecule has 1 atom stereocenters. The fourth-order valence-corrected chi connectivity index (χ4v) is 4.32. The van der Waals surface area contributed by atoms with E-state index in [2.05, 4.69) is 38.4 Å². The van der Waals surface area contributed by atoms with Crippen LogP contribution in [0.5, 0.6) is 0 Å². The summed E-state index contributed by atoms with van der Waals surface area (Å²) in [6, 6.07) is 6.52. The van der Waals surface area contributed by atoms with Crippen molar-refractivity contribution in [3.05, 3.63) is 43.3 Å². The van der Waals surface area contributed by atoms with Crippen molar-refractivity contribution in [1.82, 2.24) is 4.98 Å². The Labute approximate surface area is 130 Å². The van der Waals surface area contributed by atoms with Gasteiger partial charge in [0.1, 0.15) is 4.60 Å². The van der Waals surface area contributed by atoms with Crippen molar-refractivity contribution in [2.45, 2.75) is 32.2 Å². The molecule has 0 radical (unpaired) electrons. The molecular weight excluding hydrogens is 344 g/mol. The summed E-state index contributed by atoms with van der Waals surface area (Å²) >= 11 is 11.3. The Bertz CT molecular complexity index is 611.